The Hall–Kier alpha value is -0.570. The summed E-state index contributed by atoms with van der Waals surface area (Å²) in [6.45, 7) is 5.85. The quantitative estimate of drug-likeness (QED) is 0.665. The van der Waals surface area contributed by atoms with Gasteiger partial charge in [-0.3, -0.25) is 4.79 Å². The van der Waals surface area contributed by atoms with Crippen molar-refractivity contribution in [2.45, 2.75) is 39.3 Å². The van der Waals surface area contributed by atoms with E-state index in [2.05, 4.69) is 12.2 Å². The lowest BCUT2D eigenvalue weighted by Crippen LogP contribution is -2.37. The Balaban J connectivity index is 2.27. The second-order valence-electron chi connectivity index (χ2n) is 3.90. The van der Waals surface area contributed by atoms with E-state index in [1.807, 2.05) is 6.92 Å². The van der Waals surface area contributed by atoms with Crippen LogP contribution in [0.2, 0.25) is 0 Å². The Morgan fingerprint density at radius 3 is 2.42 bits per heavy atom. The number of rotatable bonds is 4. The summed E-state index contributed by atoms with van der Waals surface area (Å²) < 4.78 is 0. The van der Waals surface area contributed by atoms with Gasteiger partial charge in [0.15, 0.2) is 0 Å². The first-order chi connectivity index (χ1) is 5.52. The van der Waals surface area contributed by atoms with Gasteiger partial charge >= 0.3 is 5.97 Å². The van der Waals surface area contributed by atoms with Gasteiger partial charge in [0, 0.05) is 12.1 Å². The predicted octanol–water partition coefficient (Wildman–Crippen LogP) is 1.09. The van der Waals surface area contributed by atoms with Crippen molar-refractivity contribution in [2.75, 3.05) is 0 Å². The number of carboxylic acid groups (broad SMARTS) is 1. The molecule has 4 atom stereocenters. The highest BCUT2D eigenvalue weighted by Gasteiger charge is 2.35. The lowest BCUT2D eigenvalue weighted by atomic mass is 10.0. The van der Waals surface area contributed by atoms with Crippen molar-refractivity contribution in [3.63, 3.8) is 0 Å². The average molecular weight is 171 g/mol. The predicted molar refractivity (Wildman–Crippen MR) is 47.0 cm³/mol. The van der Waals surface area contributed by atoms with Gasteiger partial charge in [-0.15, -0.1) is 0 Å². The molecule has 0 saturated heterocycles. The van der Waals surface area contributed by atoms with Gasteiger partial charge in [-0.2, -0.15) is 0 Å². The number of carbonyl (C=O) groups is 1. The Labute approximate surface area is 73.2 Å². The van der Waals surface area contributed by atoms with E-state index in [1.54, 1.807) is 6.92 Å². The second kappa shape index (κ2) is 3.44. The highest BCUT2D eigenvalue weighted by atomic mass is 16.4. The Kier molecular flexibility index (Phi) is 2.73. The summed E-state index contributed by atoms with van der Waals surface area (Å²) in [7, 11) is 0. The molecule has 0 bridgehead atoms. The normalized spacial score (nSPS) is 32.6. The maximum absolute atomic E-state index is 10.6. The summed E-state index contributed by atoms with van der Waals surface area (Å²) >= 11 is 0. The van der Waals surface area contributed by atoms with E-state index in [1.165, 1.54) is 6.42 Å². The first-order valence-corrected chi connectivity index (χ1v) is 4.51. The van der Waals surface area contributed by atoms with E-state index in [9.17, 15) is 4.79 Å². The van der Waals surface area contributed by atoms with Crippen LogP contribution in [0.3, 0.4) is 0 Å². The number of carboxylic acids is 1. The first-order valence-electron chi connectivity index (χ1n) is 4.51. The molecule has 3 heteroatoms. The average Bonchev–Trinajstić information content (AvgIpc) is 2.64. The van der Waals surface area contributed by atoms with Crippen molar-refractivity contribution < 1.29 is 9.90 Å². The molecule has 1 fully saturated rings. The molecule has 70 valence electrons. The van der Waals surface area contributed by atoms with Gasteiger partial charge in [0.25, 0.3) is 0 Å². The maximum Gasteiger partial charge on any atom is 0.307 e. The zero-order chi connectivity index (χ0) is 9.30. The van der Waals surface area contributed by atoms with Gasteiger partial charge in [-0.25, -0.2) is 0 Å². The number of nitrogens with one attached hydrogen (secondary N) is 1. The first kappa shape index (κ1) is 9.52. The minimum absolute atomic E-state index is 0.0810. The monoisotopic (exact) mass is 171 g/mol. The standard InChI is InChI=1S/C9H17NO2/c1-5-4-8(5)10-7(3)6(2)9(11)12/h5-8,10H,4H2,1-3H3,(H,11,12). The third-order valence-corrected chi connectivity index (χ3v) is 2.73. The lowest BCUT2D eigenvalue weighted by Gasteiger charge is -2.17. The van der Waals surface area contributed by atoms with E-state index < -0.39 is 5.97 Å². The fourth-order valence-electron chi connectivity index (χ4n) is 1.25. The van der Waals surface area contributed by atoms with Crippen molar-refractivity contribution in [1.29, 1.82) is 0 Å². The molecule has 4 unspecified atom stereocenters. The third kappa shape index (κ3) is 2.21. The largest absolute Gasteiger partial charge is 0.481 e. The van der Waals surface area contributed by atoms with Crippen LogP contribution in [-0.2, 0) is 4.79 Å². The van der Waals surface area contributed by atoms with Crippen LogP contribution in [0, 0.1) is 11.8 Å². The number of aliphatic carboxylic acids is 1. The minimum atomic E-state index is -0.719. The fraction of sp³-hybridized carbons (Fsp3) is 0.889. The van der Waals surface area contributed by atoms with Crippen LogP contribution in [-0.4, -0.2) is 23.2 Å². The van der Waals surface area contributed by atoms with Gasteiger partial charge in [0.05, 0.1) is 5.92 Å². The highest BCUT2D eigenvalue weighted by molar-refractivity contribution is 5.70. The van der Waals surface area contributed by atoms with E-state index in [0.29, 0.717) is 6.04 Å². The van der Waals surface area contributed by atoms with E-state index >= 15 is 0 Å². The minimum Gasteiger partial charge on any atom is -0.481 e. The van der Waals surface area contributed by atoms with Crippen LogP contribution in [0.25, 0.3) is 0 Å². The Bertz CT molecular complexity index is 181. The van der Waals surface area contributed by atoms with Gasteiger partial charge < -0.3 is 10.4 Å². The van der Waals surface area contributed by atoms with Crippen molar-refractivity contribution >= 4 is 5.97 Å². The molecule has 0 radical (unpaired) electrons. The van der Waals surface area contributed by atoms with Gasteiger partial charge in [-0.1, -0.05) is 13.8 Å². The van der Waals surface area contributed by atoms with Gasteiger partial charge in [0.1, 0.15) is 0 Å². The van der Waals surface area contributed by atoms with Crippen molar-refractivity contribution in [2.24, 2.45) is 11.8 Å². The molecule has 2 N–H and O–H groups in total. The van der Waals surface area contributed by atoms with Crippen LogP contribution in [0.5, 0.6) is 0 Å². The fourth-order valence-corrected chi connectivity index (χ4v) is 1.25. The SMILES string of the molecule is CC1CC1NC(C)C(C)C(=O)O. The van der Waals surface area contributed by atoms with Crippen molar-refractivity contribution in [3.8, 4) is 0 Å². The van der Waals surface area contributed by atoms with Gasteiger partial charge in [-0.05, 0) is 19.3 Å². The van der Waals surface area contributed by atoms with Crippen LogP contribution >= 0.6 is 0 Å². The molecule has 0 aliphatic heterocycles. The van der Waals surface area contributed by atoms with E-state index in [4.69, 9.17) is 5.11 Å². The van der Waals surface area contributed by atoms with Crippen LogP contribution in [0.15, 0.2) is 0 Å². The summed E-state index contributed by atoms with van der Waals surface area (Å²) in [5.74, 6) is -0.283. The number of hydrogen-bond acceptors (Lipinski definition) is 2. The molecular weight excluding hydrogens is 154 g/mol. The Morgan fingerprint density at radius 1 is 1.58 bits per heavy atom. The van der Waals surface area contributed by atoms with Crippen molar-refractivity contribution in [3.05, 3.63) is 0 Å². The molecule has 12 heavy (non-hydrogen) atoms. The smallest absolute Gasteiger partial charge is 0.307 e. The summed E-state index contributed by atoms with van der Waals surface area (Å²) in [4.78, 5) is 10.6. The van der Waals surface area contributed by atoms with E-state index in [0.717, 1.165) is 5.92 Å². The molecule has 1 saturated carbocycles. The molecule has 0 heterocycles. The topological polar surface area (TPSA) is 49.3 Å². The molecule has 0 spiro atoms. The molecule has 0 aromatic carbocycles. The van der Waals surface area contributed by atoms with E-state index in [-0.39, 0.29) is 12.0 Å². The zero-order valence-electron chi connectivity index (χ0n) is 7.87. The molecule has 1 rings (SSSR count). The summed E-state index contributed by atoms with van der Waals surface area (Å²) in [5, 5.41) is 12.0. The molecule has 0 amide bonds. The zero-order valence-corrected chi connectivity index (χ0v) is 7.87. The van der Waals surface area contributed by atoms with Crippen LogP contribution in [0.4, 0.5) is 0 Å². The maximum atomic E-state index is 10.6. The molecular formula is C9H17NO2. The molecule has 3 nitrogen and oxygen atoms in total. The summed E-state index contributed by atoms with van der Waals surface area (Å²) in [6.07, 6.45) is 1.19. The summed E-state index contributed by atoms with van der Waals surface area (Å²) in [5.41, 5.74) is 0. The lowest BCUT2D eigenvalue weighted by molar-refractivity contribution is -0.141. The molecule has 0 aromatic rings. The molecule has 1 aliphatic rings. The number of hydrogen-bond donors (Lipinski definition) is 2. The van der Waals surface area contributed by atoms with Crippen LogP contribution < -0.4 is 5.32 Å². The third-order valence-electron chi connectivity index (χ3n) is 2.73. The van der Waals surface area contributed by atoms with Gasteiger partial charge in [0.2, 0.25) is 0 Å². The molecule has 0 aromatic heterocycles. The van der Waals surface area contributed by atoms with Crippen molar-refractivity contribution in [1.82, 2.24) is 5.32 Å². The Morgan fingerprint density at radius 2 is 2.08 bits per heavy atom. The summed E-state index contributed by atoms with van der Waals surface area (Å²) in [6, 6.07) is 0.638. The molecule has 1 aliphatic carbocycles. The van der Waals surface area contributed by atoms with Crippen LogP contribution in [0.1, 0.15) is 27.2 Å². The highest BCUT2D eigenvalue weighted by Crippen LogP contribution is 2.30. The second-order valence-corrected chi connectivity index (χ2v) is 3.90.